The zero-order valence-corrected chi connectivity index (χ0v) is 16.5. The first-order valence-electron chi connectivity index (χ1n) is 9.90. The molecule has 5 nitrogen and oxygen atoms in total. The van der Waals surface area contributed by atoms with Crippen molar-refractivity contribution in [2.24, 2.45) is 0 Å². The molecule has 1 aliphatic carbocycles. The van der Waals surface area contributed by atoms with E-state index in [1.165, 1.54) is 17.5 Å². The van der Waals surface area contributed by atoms with Crippen molar-refractivity contribution in [2.75, 3.05) is 24.5 Å². The average molecular weight is 378 g/mol. The number of ether oxygens (including phenoxy) is 1. The Bertz CT molecular complexity index is 892. The summed E-state index contributed by atoms with van der Waals surface area (Å²) in [6.07, 6.45) is 3.36. The van der Waals surface area contributed by atoms with E-state index in [1.54, 1.807) is 23.6 Å². The highest BCUT2D eigenvalue weighted by molar-refractivity contribution is 5.99. The third-order valence-corrected chi connectivity index (χ3v) is 5.53. The second-order valence-electron chi connectivity index (χ2n) is 8.00. The van der Waals surface area contributed by atoms with Crippen molar-refractivity contribution in [3.63, 3.8) is 0 Å². The SMILES string of the molecule is CC(C)(Oc1ccc2c(c1)CCC2)C(=O)N1CCN(c2ccccc2)C(=O)C1. The highest BCUT2D eigenvalue weighted by Crippen LogP contribution is 2.29. The van der Waals surface area contributed by atoms with Crippen molar-refractivity contribution in [2.45, 2.75) is 38.7 Å². The molecule has 2 aliphatic rings. The summed E-state index contributed by atoms with van der Waals surface area (Å²) in [6.45, 7) is 4.61. The summed E-state index contributed by atoms with van der Waals surface area (Å²) < 4.78 is 6.07. The van der Waals surface area contributed by atoms with Crippen LogP contribution in [-0.2, 0) is 22.4 Å². The zero-order valence-electron chi connectivity index (χ0n) is 16.5. The summed E-state index contributed by atoms with van der Waals surface area (Å²) in [5, 5.41) is 0. The third-order valence-electron chi connectivity index (χ3n) is 5.53. The van der Waals surface area contributed by atoms with Gasteiger partial charge in [-0.3, -0.25) is 9.59 Å². The van der Waals surface area contributed by atoms with Crippen LogP contribution in [0, 0.1) is 0 Å². The van der Waals surface area contributed by atoms with Crippen molar-refractivity contribution < 1.29 is 14.3 Å². The largest absolute Gasteiger partial charge is 0.478 e. The van der Waals surface area contributed by atoms with Crippen LogP contribution in [0.25, 0.3) is 0 Å². The Morgan fingerprint density at radius 1 is 1.00 bits per heavy atom. The topological polar surface area (TPSA) is 49.9 Å². The molecule has 2 aromatic carbocycles. The lowest BCUT2D eigenvalue weighted by Crippen LogP contribution is -2.58. The van der Waals surface area contributed by atoms with Crippen molar-refractivity contribution in [3.8, 4) is 5.75 Å². The summed E-state index contributed by atoms with van der Waals surface area (Å²) in [5.41, 5.74) is 2.53. The summed E-state index contributed by atoms with van der Waals surface area (Å²) >= 11 is 0. The van der Waals surface area contributed by atoms with E-state index in [-0.39, 0.29) is 18.4 Å². The summed E-state index contributed by atoms with van der Waals surface area (Å²) in [6, 6.07) is 15.7. The highest BCUT2D eigenvalue weighted by atomic mass is 16.5. The van der Waals surface area contributed by atoms with Crippen LogP contribution >= 0.6 is 0 Å². The van der Waals surface area contributed by atoms with Gasteiger partial charge in [0.25, 0.3) is 5.91 Å². The molecule has 146 valence electrons. The number of carbonyl (C=O) groups is 2. The minimum atomic E-state index is -1.03. The van der Waals surface area contributed by atoms with Gasteiger partial charge in [0.05, 0.1) is 0 Å². The number of piperazine rings is 1. The number of hydrogen-bond acceptors (Lipinski definition) is 3. The predicted octanol–water partition coefficient (Wildman–Crippen LogP) is 3.21. The Hall–Kier alpha value is -2.82. The van der Waals surface area contributed by atoms with Crippen LogP contribution in [0.15, 0.2) is 48.5 Å². The summed E-state index contributed by atoms with van der Waals surface area (Å²) in [4.78, 5) is 29.0. The van der Waals surface area contributed by atoms with Gasteiger partial charge in [-0.2, -0.15) is 0 Å². The number of carbonyl (C=O) groups excluding carboxylic acids is 2. The Balaban J connectivity index is 1.43. The van der Waals surface area contributed by atoms with Gasteiger partial charge in [0.1, 0.15) is 12.3 Å². The fourth-order valence-corrected chi connectivity index (χ4v) is 4.06. The molecular formula is C23H26N2O3. The molecule has 0 radical (unpaired) electrons. The molecule has 0 saturated carbocycles. The van der Waals surface area contributed by atoms with E-state index in [2.05, 4.69) is 12.1 Å². The number of hydrogen-bond donors (Lipinski definition) is 0. The number of para-hydroxylation sites is 1. The minimum absolute atomic E-state index is 0.0702. The first kappa shape index (κ1) is 18.5. The van der Waals surface area contributed by atoms with Gasteiger partial charge in [-0.15, -0.1) is 0 Å². The second kappa shape index (κ2) is 7.30. The minimum Gasteiger partial charge on any atom is -0.478 e. The van der Waals surface area contributed by atoms with E-state index in [0.717, 1.165) is 18.5 Å². The van der Waals surface area contributed by atoms with Crippen molar-refractivity contribution >= 4 is 17.5 Å². The lowest BCUT2D eigenvalue weighted by Gasteiger charge is -2.38. The van der Waals surface area contributed by atoms with Gasteiger partial charge in [0, 0.05) is 18.8 Å². The van der Waals surface area contributed by atoms with Crippen LogP contribution in [0.3, 0.4) is 0 Å². The molecule has 5 heteroatoms. The van der Waals surface area contributed by atoms with E-state index in [9.17, 15) is 9.59 Å². The standard InChI is InChI=1S/C23H26N2O3/c1-23(2,28-20-12-11-17-7-6-8-18(17)15-20)22(27)24-13-14-25(21(26)16-24)19-9-4-3-5-10-19/h3-5,9-12,15H,6-8,13-14,16H2,1-2H3. The van der Waals surface area contributed by atoms with E-state index in [0.29, 0.717) is 18.8 Å². The molecule has 1 heterocycles. The Morgan fingerprint density at radius 3 is 2.50 bits per heavy atom. The Labute approximate surface area is 165 Å². The molecule has 1 saturated heterocycles. The number of aryl methyl sites for hydroxylation is 2. The van der Waals surface area contributed by atoms with Crippen molar-refractivity contribution in [1.82, 2.24) is 4.90 Å². The van der Waals surface area contributed by atoms with Gasteiger partial charge in [-0.05, 0) is 68.5 Å². The first-order chi connectivity index (χ1) is 13.4. The van der Waals surface area contributed by atoms with Crippen LogP contribution in [0.2, 0.25) is 0 Å². The maximum Gasteiger partial charge on any atom is 0.266 e. The van der Waals surface area contributed by atoms with Crippen LogP contribution in [-0.4, -0.2) is 41.9 Å². The molecule has 1 fully saturated rings. The molecule has 0 spiro atoms. The number of amides is 2. The van der Waals surface area contributed by atoms with Crippen LogP contribution < -0.4 is 9.64 Å². The van der Waals surface area contributed by atoms with Crippen molar-refractivity contribution in [1.29, 1.82) is 0 Å². The molecule has 0 atom stereocenters. The number of anilines is 1. The molecule has 1 aliphatic heterocycles. The Morgan fingerprint density at radius 2 is 1.75 bits per heavy atom. The fraction of sp³-hybridized carbons (Fsp3) is 0.391. The number of fused-ring (bicyclic) bond motifs is 1. The quantitative estimate of drug-likeness (QED) is 0.821. The lowest BCUT2D eigenvalue weighted by atomic mass is 10.1. The number of rotatable bonds is 4. The van der Waals surface area contributed by atoms with Gasteiger partial charge in [0.15, 0.2) is 5.60 Å². The molecule has 0 aromatic heterocycles. The number of benzene rings is 2. The number of nitrogens with zero attached hydrogens (tertiary/aromatic N) is 2. The molecular weight excluding hydrogens is 352 g/mol. The maximum absolute atomic E-state index is 13.1. The van der Waals surface area contributed by atoms with Crippen LogP contribution in [0.5, 0.6) is 5.75 Å². The van der Waals surface area contributed by atoms with E-state index in [4.69, 9.17) is 4.74 Å². The molecule has 0 bridgehead atoms. The maximum atomic E-state index is 13.1. The highest BCUT2D eigenvalue weighted by Gasteiger charge is 2.38. The van der Waals surface area contributed by atoms with Gasteiger partial charge in [-0.25, -0.2) is 0 Å². The second-order valence-corrected chi connectivity index (χ2v) is 8.00. The van der Waals surface area contributed by atoms with E-state index in [1.807, 2.05) is 36.4 Å². The van der Waals surface area contributed by atoms with E-state index >= 15 is 0 Å². The summed E-state index contributed by atoms with van der Waals surface area (Å²) in [5.74, 6) is 0.487. The van der Waals surface area contributed by atoms with Gasteiger partial charge < -0.3 is 14.5 Å². The zero-order chi connectivity index (χ0) is 19.7. The molecule has 4 rings (SSSR count). The van der Waals surface area contributed by atoms with Gasteiger partial charge >= 0.3 is 0 Å². The molecule has 0 unspecified atom stereocenters. The van der Waals surface area contributed by atoms with E-state index < -0.39 is 5.60 Å². The van der Waals surface area contributed by atoms with Gasteiger partial charge in [0.2, 0.25) is 5.91 Å². The van der Waals surface area contributed by atoms with Crippen LogP contribution in [0.1, 0.15) is 31.4 Å². The smallest absolute Gasteiger partial charge is 0.266 e. The van der Waals surface area contributed by atoms with Gasteiger partial charge in [-0.1, -0.05) is 24.3 Å². The molecule has 28 heavy (non-hydrogen) atoms. The average Bonchev–Trinajstić information content (AvgIpc) is 3.15. The first-order valence-corrected chi connectivity index (χ1v) is 9.90. The van der Waals surface area contributed by atoms with Crippen LogP contribution in [0.4, 0.5) is 5.69 Å². The fourth-order valence-electron chi connectivity index (χ4n) is 4.06. The Kier molecular flexibility index (Phi) is 4.84. The predicted molar refractivity (Wildman–Crippen MR) is 109 cm³/mol. The molecule has 2 amide bonds. The summed E-state index contributed by atoms with van der Waals surface area (Å²) in [7, 11) is 0. The molecule has 2 aromatic rings. The van der Waals surface area contributed by atoms with Crippen molar-refractivity contribution in [3.05, 3.63) is 59.7 Å². The lowest BCUT2D eigenvalue weighted by molar-refractivity contribution is -0.148. The monoisotopic (exact) mass is 378 g/mol. The normalized spacial score (nSPS) is 16.9. The third kappa shape index (κ3) is 3.61. The molecule has 0 N–H and O–H groups in total.